The van der Waals surface area contributed by atoms with Gasteiger partial charge in [0.15, 0.2) is 11.6 Å². The monoisotopic (exact) mass is 349 g/mol. The van der Waals surface area contributed by atoms with Crippen molar-refractivity contribution in [3.8, 4) is 11.5 Å². The second kappa shape index (κ2) is 8.46. The fraction of sp³-hybridized carbons (Fsp3) is 0.316. The predicted molar refractivity (Wildman–Crippen MR) is 90.8 cm³/mol. The number of rotatable bonds is 7. The molecule has 0 aliphatic carbocycles. The lowest BCUT2D eigenvalue weighted by Crippen LogP contribution is -2.27. The van der Waals surface area contributed by atoms with Crippen molar-refractivity contribution in [1.82, 2.24) is 5.32 Å². The average Bonchev–Trinajstić information content (AvgIpc) is 2.61. The van der Waals surface area contributed by atoms with Crippen LogP contribution in [0.1, 0.15) is 30.5 Å². The Balaban J connectivity index is 1.97. The summed E-state index contributed by atoms with van der Waals surface area (Å²) in [6.45, 7) is 1.72. The van der Waals surface area contributed by atoms with Gasteiger partial charge in [-0.3, -0.25) is 4.79 Å². The Bertz CT molecular complexity index is 749. The van der Waals surface area contributed by atoms with E-state index in [-0.39, 0.29) is 12.3 Å². The Morgan fingerprint density at radius 1 is 1.08 bits per heavy atom. The van der Waals surface area contributed by atoms with Gasteiger partial charge in [-0.25, -0.2) is 8.78 Å². The Hall–Kier alpha value is -2.63. The van der Waals surface area contributed by atoms with Gasteiger partial charge in [-0.2, -0.15) is 0 Å². The predicted octanol–water partition coefficient (Wildman–Crippen LogP) is 3.79. The van der Waals surface area contributed by atoms with Gasteiger partial charge in [0.2, 0.25) is 5.91 Å². The molecule has 134 valence electrons. The highest BCUT2D eigenvalue weighted by Crippen LogP contribution is 2.25. The van der Waals surface area contributed by atoms with Gasteiger partial charge in [-0.1, -0.05) is 6.07 Å². The second-order valence-corrected chi connectivity index (χ2v) is 5.64. The summed E-state index contributed by atoms with van der Waals surface area (Å²) in [5.41, 5.74) is 1.36. The third-order valence-corrected chi connectivity index (χ3v) is 3.93. The van der Waals surface area contributed by atoms with Crippen LogP contribution < -0.4 is 14.8 Å². The van der Waals surface area contributed by atoms with Gasteiger partial charge < -0.3 is 14.8 Å². The minimum absolute atomic E-state index is 0.192. The summed E-state index contributed by atoms with van der Waals surface area (Å²) in [7, 11) is 3.14. The molecule has 0 saturated carbocycles. The molecular weight excluding hydrogens is 328 g/mol. The van der Waals surface area contributed by atoms with E-state index in [4.69, 9.17) is 9.47 Å². The lowest BCUT2D eigenvalue weighted by molar-refractivity contribution is -0.121. The number of carbonyl (C=O) groups is 1. The van der Waals surface area contributed by atoms with Crippen molar-refractivity contribution >= 4 is 5.91 Å². The highest BCUT2D eigenvalue weighted by atomic mass is 19.2. The molecule has 0 aliphatic rings. The molecule has 0 saturated heterocycles. The SMILES string of the molecule is COc1ccc(OC)c(CCC(=O)NC(C)c2ccc(F)c(F)c2)c1. The van der Waals surface area contributed by atoms with Crippen LogP contribution in [0.2, 0.25) is 0 Å². The number of methoxy groups -OCH3 is 2. The summed E-state index contributed by atoms with van der Waals surface area (Å²) in [5.74, 6) is -0.664. The standard InChI is InChI=1S/C19H21F2NO3/c1-12(13-4-7-16(20)17(21)11-13)22-19(23)9-5-14-10-15(24-2)6-8-18(14)25-3/h4,6-8,10-12H,5,9H2,1-3H3,(H,22,23). The summed E-state index contributed by atoms with van der Waals surface area (Å²) >= 11 is 0. The molecule has 1 N–H and O–H groups in total. The zero-order valence-corrected chi connectivity index (χ0v) is 14.4. The smallest absolute Gasteiger partial charge is 0.220 e. The number of carbonyl (C=O) groups excluding carboxylic acids is 1. The van der Waals surface area contributed by atoms with Crippen LogP contribution in [0.5, 0.6) is 11.5 Å². The number of halogens is 2. The van der Waals surface area contributed by atoms with Crippen LogP contribution in [0, 0.1) is 11.6 Å². The maximum atomic E-state index is 13.3. The molecule has 0 fully saturated rings. The van der Waals surface area contributed by atoms with Gasteiger partial charge >= 0.3 is 0 Å². The van der Waals surface area contributed by atoms with E-state index < -0.39 is 17.7 Å². The van der Waals surface area contributed by atoms with E-state index in [9.17, 15) is 13.6 Å². The fourth-order valence-corrected chi connectivity index (χ4v) is 2.50. The quantitative estimate of drug-likeness (QED) is 0.827. The number of aryl methyl sites for hydroxylation is 1. The molecule has 4 nitrogen and oxygen atoms in total. The molecule has 0 bridgehead atoms. The molecule has 0 heterocycles. The van der Waals surface area contributed by atoms with E-state index in [1.165, 1.54) is 6.07 Å². The van der Waals surface area contributed by atoms with E-state index in [1.54, 1.807) is 33.3 Å². The number of hydrogen-bond donors (Lipinski definition) is 1. The molecule has 1 atom stereocenters. The van der Waals surface area contributed by atoms with Gasteiger partial charge in [-0.05, 0) is 54.8 Å². The zero-order chi connectivity index (χ0) is 18.4. The topological polar surface area (TPSA) is 47.6 Å². The average molecular weight is 349 g/mol. The van der Waals surface area contributed by atoms with Crippen LogP contribution in [-0.2, 0) is 11.2 Å². The van der Waals surface area contributed by atoms with Crippen molar-refractivity contribution in [3.05, 3.63) is 59.2 Å². The number of amides is 1. The summed E-state index contributed by atoms with van der Waals surface area (Å²) in [4.78, 5) is 12.2. The van der Waals surface area contributed by atoms with E-state index in [2.05, 4.69) is 5.32 Å². The molecule has 1 amide bonds. The Morgan fingerprint density at radius 3 is 2.48 bits per heavy atom. The van der Waals surface area contributed by atoms with Gasteiger partial charge in [-0.15, -0.1) is 0 Å². The molecular formula is C19H21F2NO3. The van der Waals surface area contributed by atoms with Crippen molar-refractivity contribution in [1.29, 1.82) is 0 Å². The molecule has 1 unspecified atom stereocenters. The Morgan fingerprint density at radius 2 is 1.84 bits per heavy atom. The summed E-state index contributed by atoms with van der Waals surface area (Å²) in [6, 6.07) is 8.57. The van der Waals surface area contributed by atoms with E-state index in [0.29, 0.717) is 23.5 Å². The molecule has 0 radical (unpaired) electrons. The molecule has 2 aromatic carbocycles. The minimum Gasteiger partial charge on any atom is -0.497 e. The number of ether oxygens (including phenoxy) is 2. The first-order valence-corrected chi connectivity index (χ1v) is 7.89. The fourth-order valence-electron chi connectivity index (χ4n) is 2.50. The lowest BCUT2D eigenvalue weighted by atomic mass is 10.1. The number of benzene rings is 2. The third kappa shape index (κ3) is 4.92. The zero-order valence-electron chi connectivity index (χ0n) is 14.4. The summed E-state index contributed by atoms with van der Waals surface area (Å²) in [5, 5.41) is 2.78. The first kappa shape index (κ1) is 18.7. The number of hydrogen-bond acceptors (Lipinski definition) is 3. The molecule has 0 spiro atoms. The van der Waals surface area contributed by atoms with Gasteiger partial charge in [0.25, 0.3) is 0 Å². The van der Waals surface area contributed by atoms with Crippen molar-refractivity contribution in [2.45, 2.75) is 25.8 Å². The van der Waals surface area contributed by atoms with Gasteiger partial charge in [0, 0.05) is 6.42 Å². The minimum atomic E-state index is -0.931. The first-order valence-electron chi connectivity index (χ1n) is 7.89. The van der Waals surface area contributed by atoms with Crippen LogP contribution in [0.15, 0.2) is 36.4 Å². The van der Waals surface area contributed by atoms with Gasteiger partial charge in [0.05, 0.1) is 20.3 Å². The highest BCUT2D eigenvalue weighted by Gasteiger charge is 2.13. The molecule has 25 heavy (non-hydrogen) atoms. The lowest BCUT2D eigenvalue weighted by Gasteiger charge is -2.15. The van der Waals surface area contributed by atoms with Crippen LogP contribution in [0.25, 0.3) is 0 Å². The van der Waals surface area contributed by atoms with Gasteiger partial charge in [0.1, 0.15) is 11.5 Å². The molecule has 0 aliphatic heterocycles. The van der Waals surface area contributed by atoms with E-state index in [1.807, 2.05) is 6.07 Å². The summed E-state index contributed by atoms with van der Waals surface area (Å²) < 4.78 is 36.7. The van der Waals surface area contributed by atoms with Crippen molar-refractivity contribution in [3.63, 3.8) is 0 Å². The van der Waals surface area contributed by atoms with Crippen LogP contribution in [0.3, 0.4) is 0 Å². The number of nitrogens with one attached hydrogen (secondary N) is 1. The van der Waals surface area contributed by atoms with Crippen LogP contribution in [-0.4, -0.2) is 20.1 Å². The largest absolute Gasteiger partial charge is 0.497 e. The van der Waals surface area contributed by atoms with Crippen LogP contribution in [0.4, 0.5) is 8.78 Å². The Kier molecular flexibility index (Phi) is 6.33. The molecule has 2 rings (SSSR count). The van der Waals surface area contributed by atoms with E-state index in [0.717, 1.165) is 17.7 Å². The van der Waals surface area contributed by atoms with Crippen molar-refractivity contribution < 1.29 is 23.0 Å². The summed E-state index contributed by atoms with van der Waals surface area (Å²) in [6.07, 6.45) is 0.703. The first-order chi connectivity index (χ1) is 11.9. The maximum Gasteiger partial charge on any atom is 0.220 e. The Labute approximate surface area is 145 Å². The van der Waals surface area contributed by atoms with Crippen LogP contribution >= 0.6 is 0 Å². The maximum absolute atomic E-state index is 13.3. The second-order valence-electron chi connectivity index (χ2n) is 5.64. The van der Waals surface area contributed by atoms with Crippen molar-refractivity contribution in [2.75, 3.05) is 14.2 Å². The molecule has 0 aromatic heterocycles. The molecule has 2 aromatic rings. The van der Waals surface area contributed by atoms with Crippen molar-refractivity contribution in [2.24, 2.45) is 0 Å². The highest BCUT2D eigenvalue weighted by molar-refractivity contribution is 5.76. The van der Waals surface area contributed by atoms with E-state index >= 15 is 0 Å². The molecule has 6 heteroatoms. The third-order valence-electron chi connectivity index (χ3n) is 3.93. The normalized spacial score (nSPS) is 11.7.